The number of ether oxygens (including phenoxy) is 1. The van der Waals surface area contributed by atoms with Crippen LogP contribution >= 0.6 is 0 Å². The van der Waals surface area contributed by atoms with E-state index in [1.165, 1.54) is 18.2 Å². The van der Waals surface area contributed by atoms with Crippen molar-refractivity contribution in [2.45, 2.75) is 19.7 Å². The van der Waals surface area contributed by atoms with Crippen LogP contribution in [0.5, 0.6) is 5.75 Å². The van der Waals surface area contributed by atoms with Crippen LogP contribution in [0.1, 0.15) is 12.7 Å². The lowest BCUT2D eigenvalue weighted by molar-refractivity contribution is -0.274. The lowest BCUT2D eigenvalue weighted by Gasteiger charge is -2.07. The molecule has 0 saturated heterocycles. The Balaban J connectivity index is 2.36. The zero-order valence-electron chi connectivity index (χ0n) is 8.43. The molecule has 0 atom stereocenters. The first kappa shape index (κ1) is 10.8. The van der Waals surface area contributed by atoms with Crippen LogP contribution in [-0.2, 0) is 6.42 Å². The summed E-state index contributed by atoms with van der Waals surface area (Å²) in [7, 11) is 0. The van der Waals surface area contributed by atoms with E-state index in [1.807, 2.05) is 6.92 Å². The van der Waals surface area contributed by atoms with Gasteiger partial charge in [-0.15, -0.1) is 13.2 Å². The van der Waals surface area contributed by atoms with Crippen LogP contribution in [0.25, 0.3) is 11.0 Å². The van der Waals surface area contributed by atoms with Gasteiger partial charge in [0.25, 0.3) is 0 Å². The number of H-pyrrole nitrogens is 1. The van der Waals surface area contributed by atoms with Crippen LogP contribution in [0.2, 0.25) is 0 Å². The molecule has 3 nitrogen and oxygen atoms in total. The number of aromatic nitrogens is 2. The van der Waals surface area contributed by atoms with Crippen molar-refractivity contribution in [3.63, 3.8) is 0 Å². The molecular formula is C10H9F3N2O. The SMILES string of the molecule is CCc1nc2ccc(OC(F)(F)F)cc2[nH]1. The molecule has 1 aromatic heterocycles. The summed E-state index contributed by atoms with van der Waals surface area (Å²) < 4.78 is 39.7. The zero-order valence-corrected chi connectivity index (χ0v) is 8.43. The van der Waals surface area contributed by atoms with E-state index in [0.717, 1.165) is 5.82 Å². The summed E-state index contributed by atoms with van der Waals surface area (Å²) in [6.45, 7) is 1.91. The van der Waals surface area contributed by atoms with Gasteiger partial charge in [-0.05, 0) is 12.1 Å². The molecule has 0 aliphatic carbocycles. The molecule has 2 rings (SSSR count). The van der Waals surface area contributed by atoms with Crippen molar-refractivity contribution in [3.05, 3.63) is 24.0 Å². The van der Waals surface area contributed by atoms with Crippen molar-refractivity contribution >= 4 is 11.0 Å². The summed E-state index contributed by atoms with van der Waals surface area (Å²) in [5, 5.41) is 0. The smallest absolute Gasteiger partial charge is 0.406 e. The van der Waals surface area contributed by atoms with Gasteiger partial charge in [0, 0.05) is 12.5 Å². The Kier molecular flexibility index (Phi) is 2.49. The van der Waals surface area contributed by atoms with Gasteiger partial charge >= 0.3 is 6.36 Å². The second kappa shape index (κ2) is 3.70. The van der Waals surface area contributed by atoms with E-state index >= 15 is 0 Å². The van der Waals surface area contributed by atoms with E-state index < -0.39 is 6.36 Å². The minimum absolute atomic E-state index is 0.244. The molecule has 0 bridgehead atoms. The molecule has 6 heteroatoms. The quantitative estimate of drug-likeness (QED) is 0.861. The average Bonchev–Trinajstić information content (AvgIpc) is 2.57. The topological polar surface area (TPSA) is 37.9 Å². The lowest BCUT2D eigenvalue weighted by Crippen LogP contribution is -2.16. The molecule has 0 aliphatic rings. The molecule has 0 unspecified atom stereocenters. The Labute approximate surface area is 89.2 Å². The molecule has 2 aromatic rings. The third-order valence-electron chi connectivity index (χ3n) is 2.07. The molecule has 0 spiro atoms. The summed E-state index contributed by atoms with van der Waals surface area (Å²) in [6, 6.07) is 4.02. The molecule has 86 valence electrons. The fraction of sp³-hybridized carbons (Fsp3) is 0.300. The fourth-order valence-corrected chi connectivity index (χ4v) is 1.41. The second-order valence-corrected chi connectivity index (χ2v) is 3.26. The van der Waals surface area contributed by atoms with E-state index in [1.54, 1.807) is 0 Å². The van der Waals surface area contributed by atoms with E-state index in [0.29, 0.717) is 17.5 Å². The number of nitrogens with one attached hydrogen (secondary N) is 1. The Morgan fingerprint density at radius 2 is 2.12 bits per heavy atom. The maximum atomic E-state index is 12.0. The monoisotopic (exact) mass is 230 g/mol. The summed E-state index contributed by atoms with van der Waals surface area (Å²) in [5.41, 5.74) is 1.17. The third-order valence-corrected chi connectivity index (χ3v) is 2.07. The molecule has 0 radical (unpaired) electrons. The number of halogens is 3. The Hall–Kier alpha value is -1.72. The first-order chi connectivity index (χ1) is 7.48. The molecule has 0 amide bonds. The number of benzene rings is 1. The maximum Gasteiger partial charge on any atom is 0.573 e. The van der Waals surface area contributed by atoms with Gasteiger partial charge in [0.1, 0.15) is 11.6 Å². The van der Waals surface area contributed by atoms with Gasteiger partial charge in [0.15, 0.2) is 0 Å². The largest absolute Gasteiger partial charge is 0.573 e. The summed E-state index contributed by atoms with van der Waals surface area (Å²) in [6.07, 6.45) is -3.97. The fourth-order valence-electron chi connectivity index (χ4n) is 1.41. The van der Waals surface area contributed by atoms with Crippen molar-refractivity contribution in [2.24, 2.45) is 0 Å². The minimum atomic E-state index is -4.67. The number of fused-ring (bicyclic) bond motifs is 1. The molecule has 1 N–H and O–H groups in total. The zero-order chi connectivity index (χ0) is 11.8. The molecule has 1 heterocycles. The van der Waals surface area contributed by atoms with Crippen molar-refractivity contribution in [2.75, 3.05) is 0 Å². The van der Waals surface area contributed by atoms with Crippen LogP contribution in [0, 0.1) is 0 Å². The van der Waals surface area contributed by atoms with Crippen molar-refractivity contribution in [1.82, 2.24) is 9.97 Å². The number of nitrogens with zero attached hydrogens (tertiary/aromatic N) is 1. The first-order valence-electron chi connectivity index (χ1n) is 4.72. The summed E-state index contributed by atoms with van der Waals surface area (Å²) >= 11 is 0. The molecule has 0 saturated carbocycles. The molecule has 0 aliphatic heterocycles. The summed E-state index contributed by atoms with van der Waals surface area (Å²) in [4.78, 5) is 7.09. The van der Waals surface area contributed by atoms with Gasteiger partial charge in [0.2, 0.25) is 0 Å². The maximum absolute atomic E-state index is 12.0. The highest BCUT2D eigenvalue weighted by Crippen LogP contribution is 2.25. The van der Waals surface area contributed by atoms with E-state index in [2.05, 4.69) is 14.7 Å². The molecular weight excluding hydrogens is 221 g/mol. The highest BCUT2D eigenvalue weighted by Gasteiger charge is 2.31. The van der Waals surface area contributed by atoms with Crippen LogP contribution in [0.3, 0.4) is 0 Å². The Morgan fingerprint density at radius 1 is 1.38 bits per heavy atom. The van der Waals surface area contributed by atoms with E-state index in [9.17, 15) is 13.2 Å². The first-order valence-corrected chi connectivity index (χ1v) is 4.72. The minimum Gasteiger partial charge on any atom is -0.406 e. The average molecular weight is 230 g/mol. The van der Waals surface area contributed by atoms with Crippen LogP contribution in [0.15, 0.2) is 18.2 Å². The van der Waals surface area contributed by atoms with E-state index in [4.69, 9.17) is 0 Å². The van der Waals surface area contributed by atoms with Gasteiger partial charge in [-0.2, -0.15) is 0 Å². The Bertz CT molecular complexity index is 504. The molecule has 0 fully saturated rings. The number of imidazole rings is 1. The second-order valence-electron chi connectivity index (χ2n) is 3.26. The van der Waals surface area contributed by atoms with Gasteiger partial charge in [-0.3, -0.25) is 0 Å². The van der Waals surface area contributed by atoms with Crippen molar-refractivity contribution in [3.8, 4) is 5.75 Å². The standard InChI is InChI=1S/C10H9F3N2O/c1-2-9-14-7-4-3-6(5-8(7)15-9)16-10(11,12)13/h3-5H,2H2,1H3,(H,14,15). The van der Waals surface area contributed by atoms with Crippen LogP contribution in [-0.4, -0.2) is 16.3 Å². The summed E-state index contributed by atoms with van der Waals surface area (Å²) in [5.74, 6) is 0.491. The van der Waals surface area contributed by atoms with Crippen LogP contribution < -0.4 is 4.74 Å². The van der Waals surface area contributed by atoms with Gasteiger partial charge in [0.05, 0.1) is 11.0 Å². The van der Waals surface area contributed by atoms with Crippen molar-refractivity contribution in [1.29, 1.82) is 0 Å². The van der Waals surface area contributed by atoms with Crippen LogP contribution in [0.4, 0.5) is 13.2 Å². The van der Waals surface area contributed by atoms with Crippen molar-refractivity contribution < 1.29 is 17.9 Å². The Morgan fingerprint density at radius 3 is 2.75 bits per heavy atom. The molecule has 1 aromatic carbocycles. The lowest BCUT2D eigenvalue weighted by atomic mass is 10.3. The number of hydrogen-bond acceptors (Lipinski definition) is 2. The molecule has 16 heavy (non-hydrogen) atoms. The van der Waals surface area contributed by atoms with Gasteiger partial charge in [-0.1, -0.05) is 6.92 Å². The third kappa shape index (κ3) is 2.26. The highest BCUT2D eigenvalue weighted by atomic mass is 19.4. The van der Waals surface area contributed by atoms with Gasteiger partial charge < -0.3 is 9.72 Å². The normalized spacial score (nSPS) is 12.0. The predicted octanol–water partition coefficient (Wildman–Crippen LogP) is 3.02. The number of alkyl halides is 3. The van der Waals surface area contributed by atoms with Gasteiger partial charge in [-0.25, -0.2) is 4.98 Å². The number of rotatable bonds is 2. The highest BCUT2D eigenvalue weighted by molar-refractivity contribution is 5.76. The van der Waals surface area contributed by atoms with E-state index in [-0.39, 0.29) is 5.75 Å². The number of aryl methyl sites for hydroxylation is 1. The predicted molar refractivity (Wildman–Crippen MR) is 52.2 cm³/mol. The number of aromatic amines is 1. The number of hydrogen-bond donors (Lipinski definition) is 1.